The molecule has 0 aliphatic rings. The van der Waals surface area contributed by atoms with Gasteiger partial charge in [-0.1, -0.05) is 29.8 Å². The van der Waals surface area contributed by atoms with Crippen LogP contribution >= 0.6 is 11.6 Å². The molecule has 1 aromatic heterocycles. The van der Waals surface area contributed by atoms with E-state index in [4.69, 9.17) is 21.3 Å². The number of hydrogen-bond acceptors (Lipinski definition) is 3. The molecule has 4 rings (SSSR count). The number of halogens is 1. The molecular weight excluding hydrogens is 422 g/mol. The number of amides is 1. The molecule has 0 bridgehead atoms. The first-order chi connectivity index (χ1) is 15.4. The molecule has 4 aromatic rings. The molecule has 1 amide bonds. The van der Waals surface area contributed by atoms with Gasteiger partial charge in [0.2, 0.25) is 0 Å². The number of aromatic nitrogens is 2. The largest absolute Gasteiger partial charge is 0.492 e. The summed E-state index contributed by atoms with van der Waals surface area (Å²) in [6.45, 7) is 7.21. The molecular formula is C26H26ClN3O2. The van der Waals surface area contributed by atoms with Crippen LogP contribution in [0.15, 0.2) is 66.7 Å². The van der Waals surface area contributed by atoms with Crippen LogP contribution in [0.2, 0.25) is 5.02 Å². The van der Waals surface area contributed by atoms with E-state index < -0.39 is 0 Å². The highest BCUT2D eigenvalue weighted by atomic mass is 35.5. The molecule has 1 atom stereocenters. The number of fused-ring (bicyclic) bond motifs is 1. The number of nitrogens with zero attached hydrogens (tertiary/aromatic N) is 2. The minimum atomic E-state index is -0.285. The Morgan fingerprint density at radius 1 is 1.06 bits per heavy atom. The number of carbonyl (C=O) groups is 1. The van der Waals surface area contributed by atoms with Crippen molar-refractivity contribution in [3.8, 4) is 5.75 Å². The van der Waals surface area contributed by atoms with Gasteiger partial charge in [-0.25, -0.2) is 4.98 Å². The molecule has 1 unspecified atom stereocenters. The summed E-state index contributed by atoms with van der Waals surface area (Å²) in [5.41, 5.74) is 4.90. The average molecular weight is 448 g/mol. The maximum Gasteiger partial charge on any atom is 0.251 e. The van der Waals surface area contributed by atoms with Gasteiger partial charge in [-0.15, -0.1) is 0 Å². The van der Waals surface area contributed by atoms with Crippen LogP contribution in [0.4, 0.5) is 0 Å². The first kappa shape index (κ1) is 21.9. The fourth-order valence-corrected chi connectivity index (χ4v) is 3.79. The Hall–Kier alpha value is -3.31. The molecule has 3 aromatic carbocycles. The third kappa shape index (κ3) is 4.78. The molecule has 0 fully saturated rings. The number of para-hydroxylation sites is 2. The van der Waals surface area contributed by atoms with Crippen molar-refractivity contribution in [2.75, 3.05) is 6.61 Å². The van der Waals surface area contributed by atoms with Crippen LogP contribution in [0.3, 0.4) is 0 Å². The van der Waals surface area contributed by atoms with Crippen molar-refractivity contribution in [2.24, 2.45) is 0 Å². The van der Waals surface area contributed by atoms with Gasteiger partial charge in [0.1, 0.15) is 18.2 Å². The summed E-state index contributed by atoms with van der Waals surface area (Å²) in [7, 11) is 0. The summed E-state index contributed by atoms with van der Waals surface area (Å²) in [6.07, 6.45) is 0. The summed E-state index contributed by atoms with van der Waals surface area (Å²) in [4.78, 5) is 17.5. The zero-order chi connectivity index (χ0) is 22.7. The van der Waals surface area contributed by atoms with Crippen molar-refractivity contribution in [3.05, 3.63) is 94.3 Å². The second kappa shape index (κ2) is 9.45. The monoisotopic (exact) mass is 447 g/mol. The van der Waals surface area contributed by atoms with Crippen molar-refractivity contribution < 1.29 is 9.53 Å². The predicted molar refractivity (Wildman–Crippen MR) is 128 cm³/mol. The van der Waals surface area contributed by atoms with Crippen LogP contribution in [-0.4, -0.2) is 22.1 Å². The minimum Gasteiger partial charge on any atom is -0.492 e. The lowest BCUT2D eigenvalue weighted by Crippen LogP contribution is -2.29. The van der Waals surface area contributed by atoms with E-state index in [0.29, 0.717) is 23.7 Å². The number of carbonyl (C=O) groups excluding carboxylic acids is 1. The van der Waals surface area contributed by atoms with E-state index in [9.17, 15) is 4.79 Å². The summed E-state index contributed by atoms with van der Waals surface area (Å²) in [5, 5.41) is 3.65. The number of benzene rings is 3. The quantitative estimate of drug-likeness (QED) is 0.385. The molecule has 0 saturated heterocycles. The fraction of sp³-hybridized carbons (Fsp3) is 0.231. The Morgan fingerprint density at radius 3 is 2.56 bits per heavy atom. The summed E-state index contributed by atoms with van der Waals surface area (Å²) < 4.78 is 8.13. The summed E-state index contributed by atoms with van der Waals surface area (Å²) in [5.74, 6) is 1.47. The predicted octanol–water partition coefficient (Wildman–Crippen LogP) is 5.88. The molecule has 5 nitrogen and oxygen atoms in total. The lowest BCUT2D eigenvalue weighted by Gasteiger charge is -2.17. The molecule has 0 spiro atoms. The van der Waals surface area contributed by atoms with Gasteiger partial charge in [0.05, 0.1) is 23.6 Å². The van der Waals surface area contributed by atoms with E-state index >= 15 is 0 Å². The van der Waals surface area contributed by atoms with Crippen LogP contribution in [0.1, 0.15) is 40.3 Å². The van der Waals surface area contributed by atoms with Crippen molar-refractivity contribution in [1.82, 2.24) is 14.9 Å². The van der Waals surface area contributed by atoms with Gasteiger partial charge in [-0.05, 0) is 80.4 Å². The maximum absolute atomic E-state index is 12.7. The Labute approximate surface area is 193 Å². The maximum atomic E-state index is 12.7. The van der Waals surface area contributed by atoms with Crippen LogP contribution in [-0.2, 0) is 6.54 Å². The van der Waals surface area contributed by atoms with Crippen LogP contribution in [0.5, 0.6) is 5.75 Å². The molecule has 0 radical (unpaired) electrons. The number of hydrogen-bond donors (Lipinski definition) is 1. The highest BCUT2D eigenvalue weighted by Gasteiger charge is 2.19. The van der Waals surface area contributed by atoms with Crippen molar-refractivity contribution in [1.29, 1.82) is 0 Å². The van der Waals surface area contributed by atoms with E-state index in [1.807, 2.05) is 37.3 Å². The van der Waals surface area contributed by atoms with Crippen LogP contribution in [0, 0.1) is 13.8 Å². The Bertz CT molecular complexity index is 1250. The molecule has 1 N–H and O–H groups in total. The first-order valence-electron chi connectivity index (χ1n) is 10.6. The first-order valence-corrected chi connectivity index (χ1v) is 11.0. The lowest BCUT2D eigenvalue weighted by atomic mass is 10.1. The number of imidazole rings is 1. The van der Waals surface area contributed by atoms with Gasteiger partial charge in [-0.3, -0.25) is 4.79 Å². The van der Waals surface area contributed by atoms with Crippen molar-refractivity contribution in [2.45, 2.75) is 33.4 Å². The third-order valence-corrected chi connectivity index (χ3v) is 5.84. The lowest BCUT2D eigenvalue weighted by molar-refractivity contribution is 0.0937. The SMILES string of the molecule is Cc1ccc(OCCn2c(C(C)NC(=O)c3ccc(Cl)cc3)nc3ccccc32)cc1C. The molecule has 1 heterocycles. The fourth-order valence-electron chi connectivity index (χ4n) is 3.66. The van der Waals surface area contributed by atoms with Crippen molar-refractivity contribution in [3.63, 3.8) is 0 Å². The van der Waals surface area contributed by atoms with Crippen LogP contribution < -0.4 is 10.1 Å². The van der Waals surface area contributed by atoms with Gasteiger partial charge in [0, 0.05) is 10.6 Å². The number of ether oxygens (including phenoxy) is 1. The normalized spacial score (nSPS) is 12.0. The van der Waals surface area contributed by atoms with E-state index in [2.05, 4.69) is 35.9 Å². The van der Waals surface area contributed by atoms with Crippen LogP contribution in [0.25, 0.3) is 11.0 Å². The standard InChI is InChI=1S/C26H26ClN3O2/c1-17-8-13-22(16-18(17)2)32-15-14-30-24-7-5-4-6-23(24)29-25(30)19(3)28-26(31)20-9-11-21(27)12-10-20/h4-13,16,19H,14-15H2,1-3H3,(H,28,31). The van der Waals surface area contributed by atoms with Gasteiger partial charge in [0.15, 0.2) is 0 Å². The average Bonchev–Trinajstić information content (AvgIpc) is 3.15. The highest BCUT2D eigenvalue weighted by molar-refractivity contribution is 6.30. The minimum absolute atomic E-state index is 0.167. The van der Waals surface area contributed by atoms with Gasteiger partial charge < -0.3 is 14.6 Å². The Balaban J connectivity index is 1.53. The highest BCUT2D eigenvalue weighted by Crippen LogP contribution is 2.22. The zero-order valence-corrected chi connectivity index (χ0v) is 19.2. The van der Waals surface area contributed by atoms with E-state index in [-0.39, 0.29) is 11.9 Å². The van der Waals surface area contributed by atoms with E-state index in [1.165, 1.54) is 11.1 Å². The molecule has 164 valence electrons. The summed E-state index contributed by atoms with van der Waals surface area (Å²) in [6, 6.07) is 20.6. The summed E-state index contributed by atoms with van der Waals surface area (Å²) >= 11 is 5.94. The zero-order valence-electron chi connectivity index (χ0n) is 18.4. The van der Waals surface area contributed by atoms with Gasteiger partial charge in [0.25, 0.3) is 5.91 Å². The topological polar surface area (TPSA) is 56.1 Å². The smallest absolute Gasteiger partial charge is 0.251 e. The van der Waals surface area contributed by atoms with E-state index in [1.54, 1.807) is 24.3 Å². The van der Waals surface area contributed by atoms with Gasteiger partial charge in [-0.2, -0.15) is 0 Å². The number of nitrogens with one attached hydrogen (secondary N) is 1. The second-order valence-electron chi connectivity index (χ2n) is 7.91. The molecule has 32 heavy (non-hydrogen) atoms. The second-order valence-corrected chi connectivity index (χ2v) is 8.34. The molecule has 0 aliphatic carbocycles. The third-order valence-electron chi connectivity index (χ3n) is 5.59. The Morgan fingerprint density at radius 2 is 1.81 bits per heavy atom. The van der Waals surface area contributed by atoms with Gasteiger partial charge >= 0.3 is 0 Å². The van der Waals surface area contributed by atoms with E-state index in [0.717, 1.165) is 22.6 Å². The van der Waals surface area contributed by atoms with Crippen molar-refractivity contribution >= 4 is 28.5 Å². The molecule has 6 heteroatoms. The number of aryl methyl sites for hydroxylation is 2. The molecule has 0 saturated carbocycles. The number of rotatable bonds is 7. The Kier molecular flexibility index (Phi) is 6.47. The molecule has 0 aliphatic heterocycles.